The highest BCUT2D eigenvalue weighted by Gasteiger charge is 2.32. The van der Waals surface area contributed by atoms with E-state index in [-0.39, 0.29) is 36.9 Å². The van der Waals surface area contributed by atoms with Crippen LogP contribution in [0, 0.1) is 17.6 Å². The zero-order valence-electron chi connectivity index (χ0n) is 18.7. The minimum Gasteiger partial charge on any atom is -0.488 e. The Kier molecular flexibility index (Phi) is 5.77. The molecule has 1 fully saturated rings. The number of anilines is 1. The number of aryl methyl sites for hydroxylation is 1. The molecule has 176 valence electrons. The van der Waals surface area contributed by atoms with Gasteiger partial charge in [-0.2, -0.15) is 5.10 Å². The van der Waals surface area contributed by atoms with Crippen molar-refractivity contribution in [3.8, 4) is 17.0 Å². The Morgan fingerprint density at radius 1 is 1.21 bits per heavy atom. The first-order valence-electron chi connectivity index (χ1n) is 11.2. The third kappa shape index (κ3) is 4.37. The molecule has 2 heterocycles. The molecule has 7 nitrogen and oxygen atoms in total. The first-order chi connectivity index (χ1) is 16.4. The van der Waals surface area contributed by atoms with Crippen LogP contribution >= 0.6 is 0 Å². The van der Waals surface area contributed by atoms with Gasteiger partial charge >= 0.3 is 0 Å². The summed E-state index contributed by atoms with van der Waals surface area (Å²) in [6, 6.07) is 10.2. The predicted molar refractivity (Wildman–Crippen MR) is 121 cm³/mol. The van der Waals surface area contributed by atoms with Gasteiger partial charge in [-0.1, -0.05) is 18.2 Å². The second-order valence-electron chi connectivity index (χ2n) is 8.70. The molecule has 0 unspecified atom stereocenters. The molecule has 9 heteroatoms. The van der Waals surface area contributed by atoms with Gasteiger partial charge in [-0.05, 0) is 48.6 Å². The lowest BCUT2D eigenvalue weighted by Crippen LogP contribution is -2.43. The summed E-state index contributed by atoms with van der Waals surface area (Å²) in [7, 11) is 1.69. The van der Waals surface area contributed by atoms with Crippen LogP contribution < -0.4 is 15.0 Å². The number of ether oxygens (including phenoxy) is 1. The third-order valence-corrected chi connectivity index (χ3v) is 6.14. The number of fused-ring (bicyclic) bond motifs is 3. The Hall–Kier alpha value is -3.75. The van der Waals surface area contributed by atoms with Crippen molar-refractivity contribution in [1.29, 1.82) is 0 Å². The van der Waals surface area contributed by atoms with Crippen molar-refractivity contribution in [2.45, 2.75) is 25.9 Å². The van der Waals surface area contributed by atoms with Gasteiger partial charge in [-0.25, -0.2) is 8.78 Å². The number of rotatable bonds is 7. The Bertz CT molecular complexity index is 1270. The highest BCUT2D eigenvalue weighted by Crippen LogP contribution is 2.41. The van der Waals surface area contributed by atoms with Crippen molar-refractivity contribution in [2.75, 3.05) is 18.0 Å². The summed E-state index contributed by atoms with van der Waals surface area (Å²) in [5.41, 5.74) is 1.92. The monoisotopic (exact) mass is 466 g/mol. The molecule has 34 heavy (non-hydrogen) atoms. The van der Waals surface area contributed by atoms with Crippen LogP contribution in [-0.2, 0) is 29.7 Å². The number of aromatic nitrogens is 2. The highest BCUT2D eigenvalue weighted by atomic mass is 19.1. The fourth-order valence-corrected chi connectivity index (χ4v) is 4.16. The lowest BCUT2D eigenvalue weighted by atomic mass is 10.0. The van der Waals surface area contributed by atoms with Crippen molar-refractivity contribution >= 4 is 17.6 Å². The molecule has 1 N–H and O–H groups in total. The van der Waals surface area contributed by atoms with E-state index >= 15 is 0 Å². The lowest BCUT2D eigenvalue weighted by Gasteiger charge is -2.24. The molecule has 0 radical (unpaired) electrons. The summed E-state index contributed by atoms with van der Waals surface area (Å²) in [5.74, 6) is -0.484. The SMILES string of the molecule is Cn1nc(N(CC(=O)NCC2CC2)C(=O)Cc2ccccc2F)c2c1-c1cc(F)ccc1OC2. The minimum atomic E-state index is -0.496. The smallest absolute Gasteiger partial charge is 0.240 e. The van der Waals surface area contributed by atoms with Gasteiger partial charge in [0.1, 0.15) is 30.5 Å². The molecule has 0 saturated heterocycles. The van der Waals surface area contributed by atoms with E-state index in [1.165, 1.54) is 29.2 Å². The zero-order valence-corrected chi connectivity index (χ0v) is 18.7. The van der Waals surface area contributed by atoms with E-state index in [1.807, 2.05) is 0 Å². The molecular weight excluding hydrogens is 442 g/mol. The summed E-state index contributed by atoms with van der Waals surface area (Å²) >= 11 is 0. The van der Waals surface area contributed by atoms with Gasteiger partial charge in [0.25, 0.3) is 0 Å². The number of nitrogens with zero attached hydrogens (tertiary/aromatic N) is 3. The standard InChI is InChI=1S/C25H24F2N4O3/c1-30-24-18-11-17(26)8-9-21(18)34-14-19(24)25(29-30)31(13-22(32)28-12-15-6-7-15)23(33)10-16-4-2-3-5-20(16)27/h2-5,8-9,11,15H,6-7,10,12-14H2,1H3,(H,28,32). The molecule has 1 aliphatic carbocycles. The average Bonchev–Trinajstić information content (AvgIpc) is 3.59. The fourth-order valence-electron chi connectivity index (χ4n) is 4.16. The van der Waals surface area contributed by atoms with Gasteiger partial charge in [0.05, 0.1) is 17.7 Å². The van der Waals surface area contributed by atoms with Gasteiger partial charge in [0, 0.05) is 19.2 Å². The topological polar surface area (TPSA) is 76.5 Å². The largest absolute Gasteiger partial charge is 0.488 e. The highest BCUT2D eigenvalue weighted by molar-refractivity contribution is 6.00. The quantitative estimate of drug-likeness (QED) is 0.580. The molecule has 2 amide bonds. The van der Waals surface area contributed by atoms with E-state index in [2.05, 4.69) is 10.4 Å². The molecule has 0 spiro atoms. The van der Waals surface area contributed by atoms with Gasteiger partial charge in [0.15, 0.2) is 5.82 Å². The molecule has 0 bridgehead atoms. The van der Waals surface area contributed by atoms with Crippen molar-refractivity contribution in [3.63, 3.8) is 0 Å². The molecule has 3 aromatic rings. The van der Waals surface area contributed by atoms with Crippen molar-refractivity contribution in [2.24, 2.45) is 13.0 Å². The minimum absolute atomic E-state index is 0.101. The number of carbonyl (C=O) groups excluding carboxylic acids is 2. The van der Waals surface area contributed by atoms with E-state index in [9.17, 15) is 18.4 Å². The van der Waals surface area contributed by atoms with Gasteiger partial charge in [-0.3, -0.25) is 19.2 Å². The van der Waals surface area contributed by atoms with Crippen LogP contribution in [-0.4, -0.2) is 34.7 Å². The molecular formula is C25H24F2N4O3. The summed E-state index contributed by atoms with van der Waals surface area (Å²) in [4.78, 5) is 27.3. The normalized spacial score (nSPS) is 14.1. The van der Waals surface area contributed by atoms with Gasteiger partial charge < -0.3 is 10.1 Å². The first kappa shape index (κ1) is 22.1. The number of benzene rings is 2. The zero-order chi connectivity index (χ0) is 23.8. The van der Waals surface area contributed by atoms with Crippen LogP contribution in [0.3, 0.4) is 0 Å². The number of amides is 2. The van der Waals surface area contributed by atoms with Crippen molar-refractivity contribution < 1.29 is 23.1 Å². The number of nitrogens with one attached hydrogen (secondary N) is 1. The van der Waals surface area contributed by atoms with Crippen molar-refractivity contribution in [3.05, 3.63) is 65.2 Å². The van der Waals surface area contributed by atoms with Crippen LogP contribution in [0.15, 0.2) is 42.5 Å². The molecule has 1 aromatic heterocycles. The Morgan fingerprint density at radius 2 is 2.00 bits per heavy atom. The molecule has 1 aliphatic heterocycles. The van der Waals surface area contributed by atoms with E-state index in [0.29, 0.717) is 35.0 Å². The second kappa shape index (κ2) is 8.89. The van der Waals surface area contributed by atoms with Crippen LogP contribution in [0.2, 0.25) is 0 Å². The van der Waals surface area contributed by atoms with Gasteiger partial charge in [-0.15, -0.1) is 0 Å². The molecule has 1 saturated carbocycles. The molecule has 2 aromatic carbocycles. The van der Waals surface area contributed by atoms with E-state index in [4.69, 9.17) is 4.74 Å². The Morgan fingerprint density at radius 3 is 2.76 bits per heavy atom. The molecule has 5 rings (SSSR count). The maximum atomic E-state index is 14.3. The summed E-state index contributed by atoms with van der Waals surface area (Å²) in [6.45, 7) is 0.397. The number of halogens is 2. The fraction of sp³-hybridized carbons (Fsp3) is 0.320. The van der Waals surface area contributed by atoms with Crippen LogP contribution in [0.4, 0.5) is 14.6 Å². The number of carbonyl (C=O) groups is 2. The molecule has 0 atom stereocenters. The maximum Gasteiger partial charge on any atom is 0.240 e. The van der Waals surface area contributed by atoms with E-state index in [1.54, 1.807) is 29.9 Å². The van der Waals surface area contributed by atoms with Gasteiger partial charge in [0.2, 0.25) is 11.8 Å². The van der Waals surface area contributed by atoms with E-state index < -0.39 is 17.5 Å². The maximum absolute atomic E-state index is 14.3. The van der Waals surface area contributed by atoms with Crippen LogP contribution in [0.25, 0.3) is 11.3 Å². The first-order valence-corrected chi connectivity index (χ1v) is 11.2. The van der Waals surface area contributed by atoms with Crippen molar-refractivity contribution in [1.82, 2.24) is 15.1 Å². The van der Waals surface area contributed by atoms with E-state index in [0.717, 1.165) is 12.8 Å². The Balaban J connectivity index is 1.50. The predicted octanol–water partition coefficient (Wildman–Crippen LogP) is 3.36. The number of hydrogen-bond donors (Lipinski definition) is 1. The average molecular weight is 466 g/mol. The summed E-state index contributed by atoms with van der Waals surface area (Å²) in [6.07, 6.45) is 1.93. The van der Waals surface area contributed by atoms with Crippen LogP contribution in [0.1, 0.15) is 24.0 Å². The summed E-state index contributed by atoms with van der Waals surface area (Å²) in [5, 5.41) is 7.38. The Labute approximate surface area is 195 Å². The third-order valence-electron chi connectivity index (χ3n) is 6.14. The van der Waals surface area contributed by atoms with Crippen LogP contribution in [0.5, 0.6) is 5.75 Å². The second-order valence-corrected chi connectivity index (χ2v) is 8.70. The summed E-state index contributed by atoms with van der Waals surface area (Å²) < 4.78 is 35.6. The molecule has 2 aliphatic rings. The lowest BCUT2D eigenvalue weighted by molar-refractivity contribution is -0.123. The number of hydrogen-bond acceptors (Lipinski definition) is 4.